The van der Waals surface area contributed by atoms with Crippen molar-refractivity contribution < 1.29 is 28.8 Å². The van der Waals surface area contributed by atoms with Gasteiger partial charge in [-0.1, -0.05) is 27.4 Å². The van der Waals surface area contributed by atoms with Crippen molar-refractivity contribution in [3.8, 4) is 0 Å². The average Bonchev–Trinajstić information content (AvgIpc) is 2.65. The lowest BCUT2D eigenvalue weighted by Crippen LogP contribution is -2.45. The van der Waals surface area contributed by atoms with Gasteiger partial charge in [-0.05, 0) is 92.9 Å². The van der Waals surface area contributed by atoms with E-state index in [0.29, 0.717) is 44.2 Å². The molecule has 208 valence electrons. The number of esters is 1. The van der Waals surface area contributed by atoms with Gasteiger partial charge in [0.1, 0.15) is 0 Å². The summed E-state index contributed by atoms with van der Waals surface area (Å²) in [7, 11) is 0. The molecule has 0 aliphatic rings. The fraction of sp³-hybridized carbons (Fsp3) is 0.897. The first-order chi connectivity index (χ1) is 15.7. The van der Waals surface area contributed by atoms with Crippen molar-refractivity contribution in [2.75, 3.05) is 19.8 Å². The summed E-state index contributed by atoms with van der Waals surface area (Å²) in [6.07, 6.45) is 3.17. The van der Waals surface area contributed by atoms with Crippen molar-refractivity contribution in [3.05, 3.63) is 12.2 Å². The number of ether oxygens (including phenoxy) is 4. The summed E-state index contributed by atoms with van der Waals surface area (Å²) in [4.78, 5) is 11.5. The van der Waals surface area contributed by atoms with Crippen LogP contribution in [-0.4, -0.2) is 59.9 Å². The van der Waals surface area contributed by atoms with E-state index in [4.69, 9.17) is 18.9 Å². The monoisotopic (exact) mass is 500 g/mol. The molecule has 0 aromatic carbocycles. The molecule has 0 fully saturated rings. The van der Waals surface area contributed by atoms with Gasteiger partial charge in [-0.3, -0.25) is 0 Å². The summed E-state index contributed by atoms with van der Waals surface area (Å²) in [6, 6.07) is 0. The van der Waals surface area contributed by atoms with Gasteiger partial charge >= 0.3 is 5.97 Å². The zero-order chi connectivity index (χ0) is 27.7. The summed E-state index contributed by atoms with van der Waals surface area (Å²) in [5.74, 6) is -0.0181. The maximum atomic E-state index is 11.5. The van der Waals surface area contributed by atoms with Crippen LogP contribution in [0.25, 0.3) is 0 Å². The largest absolute Gasteiger partial charge is 0.462 e. The predicted octanol–water partition coefficient (Wildman–Crippen LogP) is 6.48. The third kappa shape index (κ3) is 14.4. The molecule has 0 aromatic rings. The molecule has 0 saturated heterocycles. The first-order valence-electron chi connectivity index (χ1n) is 13.2. The first kappa shape index (κ1) is 34.0. The van der Waals surface area contributed by atoms with Crippen molar-refractivity contribution in [3.63, 3.8) is 0 Å². The highest BCUT2D eigenvalue weighted by atomic mass is 16.5. The van der Waals surface area contributed by atoms with Gasteiger partial charge in [-0.25, -0.2) is 4.79 Å². The van der Waals surface area contributed by atoms with Crippen molar-refractivity contribution in [1.29, 1.82) is 0 Å². The van der Waals surface area contributed by atoms with Crippen molar-refractivity contribution >= 4 is 5.97 Å². The number of carbonyl (C=O) groups is 1. The number of rotatable bonds is 18. The summed E-state index contributed by atoms with van der Waals surface area (Å²) < 4.78 is 23.8. The van der Waals surface area contributed by atoms with Crippen LogP contribution in [0.4, 0.5) is 0 Å². The van der Waals surface area contributed by atoms with E-state index >= 15 is 0 Å². The SMILES string of the molecule is C=C(C)C(=O)OCCC(C)(C)OCCC(C)C(C)OC(C)CC(C)(C)C(C)(C)OCCC(C)(C)O. The normalized spacial score (nSPS) is 16.0. The highest BCUT2D eigenvalue weighted by Gasteiger charge is 2.39. The molecule has 0 radical (unpaired) electrons. The van der Waals surface area contributed by atoms with Crippen LogP contribution < -0.4 is 0 Å². The van der Waals surface area contributed by atoms with Gasteiger partial charge in [0.2, 0.25) is 0 Å². The standard InChI is InChI=1S/C29H56O6/c1-21(2)25(30)32-18-16-28(10,11)33-17-14-22(3)24(5)35-23(4)20-26(6,7)29(12,13)34-19-15-27(8,9)31/h22-24,31H,1,14-20H2,2-13H3. The molecule has 1 N–H and O–H groups in total. The summed E-state index contributed by atoms with van der Waals surface area (Å²) >= 11 is 0. The zero-order valence-electron chi connectivity index (χ0n) is 24.9. The molecule has 0 rings (SSSR count). The van der Waals surface area contributed by atoms with Crippen LogP contribution in [0.3, 0.4) is 0 Å². The Bertz CT molecular complexity index is 644. The molecule has 0 saturated carbocycles. The van der Waals surface area contributed by atoms with Gasteiger partial charge in [0.25, 0.3) is 0 Å². The zero-order valence-corrected chi connectivity index (χ0v) is 24.9. The molecule has 3 unspecified atom stereocenters. The maximum Gasteiger partial charge on any atom is 0.333 e. The maximum absolute atomic E-state index is 11.5. The molecule has 0 spiro atoms. The minimum Gasteiger partial charge on any atom is -0.462 e. The Hall–Kier alpha value is -0.950. The molecule has 35 heavy (non-hydrogen) atoms. The number of hydrogen-bond donors (Lipinski definition) is 1. The van der Waals surface area contributed by atoms with E-state index < -0.39 is 5.60 Å². The Morgan fingerprint density at radius 1 is 0.886 bits per heavy atom. The lowest BCUT2D eigenvalue weighted by molar-refractivity contribution is -0.141. The van der Waals surface area contributed by atoms with E-state index in [9.17, 15) is 9.90 Å². The van der Waals surface area contributed by atoms with Gasteiger partial charge in [0.05, 0.1) is 42.2 Å². The number of aliphatic hydroxyl groups is 1. The third-order valence-corrected chi connectivity index (χ3v) is 7.20. The predicted molar refractivity (Wildman–Crippen MR) is 144 cm³/mol. The Morgan fingerprint density at radius 3 is 1.97 bits per heavy atom. The van der Waals surface area contributed by atoms with E-state index in [2.05, 4.69) is 55.0 Å². The molecule has 6 nitrogen and oxygen atoms in total. The van der Waals surface area contributed by atoms with Crippen molar-refractivity contribution in [1.82, 2.24) is 0 Å². The second kappa shape index (κ2) is 14.1. The van der Waals surface area contributed by atoms with Crippen LogP contribution in [0, 0.1) is 11.3 Å². The molecular weight excluding hydrogens is 444 g/mol. The van der Waals surface area contributed by atoms with Gasteiger partial charge in [-0.15, -0.1) is 0 Å². The summed E-state index contributed by atoms with van der Waals surface area (Å²) in [5.41, 5.74) is -1.13. The van der Waals surface area contributed by atoms with Crippen LogP contribution >= 0.6 is 0 Å². The Kier molecular flexibility index (Phi) is 13.7. The molecular formula is C29H56O6. The highest BCUT2D eigenvalue weighted by Crippen LogP contribution is 2.39. The van der Waals surface area contributed by atoms with Crippen LogP contribution in [0.1, 0.15) is 109 Å². The Labute approximate surface area is 216 Å². The van der Waals surface area contributed by atoms with Crippen LogP contribution in [0.15, 0.2) is 12.2 Å². The van der Waals surface area contributed by atoms with Gasteiger partial charge in [-0.2, -0.15) is 0 Å². The van der Waals surface area contributed by atoms with E-state index in [-0.39, 0.29) is 34.8 Å². The molecule has 6 heteroatoms. The molecule has 0 bridgehead atoms. The van der Waals surface area contributed by atoms with E-state index in [1.54, 1.807) is 20.8 Å². The fourth-order valence-corrected chi connectivity index (χ4v) is 3.61. The quantitative estimate of drug-likeness (QED) is 0.171. The van der Waals surface area contributed by atoms with E-state index in [0.717, 1.165) is 12.8 Å². The second-order valence-corrected chi connectivity index (χ2v) is 12.7. The summed E-state index contributed by atoms with van der Waals surface area (Å²) in [5, 5.41) is 9.97. The molecule has 0 aliphatic carbocycles. The molecule has 0 heterocycles. The van der Waals surface area contributed by atoms with E-state index in [1.165, 1.54) is 0 Å². The Morgan fingerprint density at radius 2 is 1.46 bits per heavy atom. The van der Waals surface area contributed by atoms with Gasteiger partial charge in [0, 0.05) is 18.6 Å². The lowest BCUT2D eigenvalue weighted by atomic mass is 9.73. The third-order valence-electron chi connectivity index (χ3n) is 7.20. The Balaban J connectivity index is 4.51. The smallest absolute Gasteiger partial charge is 0.333 e. The average molecular weight is 501 g/mol. The van der Waals surface area contributed by atoms with Gasteiger partial charge < -0.3 is 24.1 Å². The molecule has 3 atom stereocenters. The van der Waals surface area contributed by atoms with Crippen molar-refractivity contribution in [2.24, 2.45) is 11.3 Å². The molecule has 0 aliphatic heterocycles. The van der Waals surface area contributed by atoms with Crippen LogP contribution in [0.5, 0.6) is 0 Å². The lowest BCUT2D eigenvalue weighted by Gasteiger charge is -2.43. The molecule has 0 amide bonds. The van der Waals surface area contributed by atoms with E-state index in [1.807, 2.05) is 13.8 Å². The minimum atomic E-state index is -0.724. The number of carbonyl (C=O) groups excluding carboxylic acids is 1. The molecule has 0 aromatic heterocycles. The highest BCUT2D eigenvalue weighted by molar-refractivity contribution is 5.86. The van der Waals surface area contributed by atoms with Crippen LogP contribution in [-0.2, 0) is 23.7 Å². The fourth-order valence-electron chi connectivity index (χ4n) is 3.61. The first-order valence-corrected chi connectivity index (χ1v) is 13.2. The van der Waals surface area contributed by atoms with Gasteiger partial charge in [0.15, 0.2) is 0 Å². The van der Waals surface area contributed by atoms with Crippen molar-refractivity contribution in [2.45, 2.75) is 138 Å². The topological polar surface area (TPSA) is 74.2 Å². The summed E-state index contributed by atoms with van der Waals surface area (Å²) in [6.45, 7) is 29.5. The van der Waals surface area contributed by atoms with Crippen LogP contribution in [0.2, 0.25) is 0 Å². The minimum absolute atomic E-state index is 0.0833. The second-order valence-electron chi connectivity index (χ2n) is 12.7. The number of hydrogen-bond acceptors (Lipinski definition) is 6.